The second-order valence-corrected chi connectivity index (χ2v) is 0.981. The fourth-order valence-corrected chi connectivity index (χ4v) is 0. The molecule has 0 rings (SSSR count). The summed E-state index contributed by atoms with van der Waals surface area (Å²) >= 11 is -3.69. The molecule has 0 aromatic carbocycles. The standard InChI is InChI=1S/H4N2.H2O.2O.V/c1-2;;;;/h1-2H2;1H2;;;/q;;;;+1/p-1. The normalized spacial score (nSPS) is 5.17. The van der Waals surface area contributed by atoms with Crippen molar-refractivity contribution in [3.05, 3.63) is 0 Å². The number of rotatable bonds is 0. The SMILES string of the molecule is NN.[O]=[V](=[O])[OH]. The molecule has 0 aliphatic heterocycles. The third-order valence-electron chi connectivity index (χ3n) is 0. The van der Waals surface area contributed by atoms with Crippen LogP contribution in [0.15, 0.2) is 0 Å². The first-order chi connectivity index (χ1) is 2.73. The molecule has 0 bridgehead atoms. The van der Waals surface area contributed by atoms with Crippen molar-refractivity contribution in [2.45, 2.75) is 0 Å². The van der Waals surface area contributed by atoms with Crippen molar-refractivity contribution in [2.24, 2.45) is 11.7 Å². The molecule has 0 aliphatic rings. The van der Waals surface area contributed by atoms with E-state index < -0.39 is 15.4 Å². The summed E-state index contributed by atoms with van der Waals surface area (Å²) in [6.45, 7) is 0. The topological polar surface area (TPSA) is 106 Å². The van der Waals surface area contributed by atoms with Crippen molar-refractivity contribution < 1.29 is 26.8 Å². The molecule has 5 nitrogen and oxygen atoms in total. The number of hydrogen-bond acceptors (Lipinski definition) is 4. The molecule has 0 saturated heterocycles. The Bertz CT molecular complexity index is 57.2. The molecule has 0 unspecified atom stereocenters. The van der Waals surface area contributed by atoms with Gasteiger partial charge in [0.15, 0.2) is 0 Å². The van der Waals surface area contributed by atoms with Crippen molar-refractivity contribution in [1.29, 1.82) is 0 Å². The molecule has 0 atom stereocenters. The van der Waals surface area contributed by atoms with E-state index in [1.807, 2.05) is 0 Å². The van der Waals surface area contributed by atoms with Gasteiger partial charge >= 0.3 is 26.8 Å². The van der Waals surface area contributed by atoms with Gasteiger partial charge in [-0.25, -0.2) is 0 Å². The fraction of sp³-hybridized carbons (Fsp3) is 0. The van der Waals surface area contributed by atoms with Crippen LogP contribution in [0.3, 0.4) is 0 Å². The molecule has 0 radical (unpaired) electrons. The number of hydrogen-bond donors (Lipinski definition) is 3. The summed E-state index contributed by atoms with van der Waals surface area (Å²) in [6, 6.07) is 0. The average Bonchev–Trinajstić information content (AvgIpc) is 1.41. The first-order valence-electron chi connectivity index (χ1n) is 0.898. The Morgan fingerprint density at radius 3 is 1.33 bits per heavy atom. The number of hydrazine groups is 1. The van der Waals surface area contributed by atoms with E-state index in [0.717, 1.165) is 0 Å². The number of nitrogens with two attached hydrogens (primary N) is 2. The molecule has 6 heteroatoms. The van der Waals surface area contributed by atoms with E-state index >= 15 is 0 Å². The predicted octanol–water partition coefficient (Wildman–Crippen LogP) is -1.98. The van der Waals surface area contributed by atoms with Crippen molar-refractivity contribution in [3.8, 4) is 0 Å². The molecule has 6 heavy (non-hydrogen) atoms. The molecule has 0 amide bonds. The Morgan fingerprint density at radius 2 is 1.33 bits per heavy atom. The van der Waals surface area contributed by atoms with Crippen LogP contribution in [0.2, 0.25) is 0 Å². The summed E-state index contributed by atoms with van der Waals surface area (Å²) in [6.07, 6.45) is 0. The van der Waals surface area contributed by atoms with Crippen LogP contribution in [0, 0.1) is 0 Å². The summed E-state index contributed by atoms with van der Waals surface area (Å²) in [5.41, 5.74) is 0. The van der Waals surface area contributed by atoms with Crippen molar-refractivity contribution in [2.75, 3.05) is 0 Å². The molecule has 0 saturated carbocycles. The zero-order valence-corrected chi connectivity index (χ0v) is 4.26. The minimum atomic E-state index is -3.69. The summed E-state index contributed by atoms with van der Waals surface area (Å²) < 4.78 is 24.4. The summed E-state index contributed by atoms with van der Waals surface area (Å²) in [4.78, 5) is 0. The Hall–Kier alpha value is 0.0644. The van der Waals surface area contributed by atoms with Crippen molar-refractivity contribution in [3.63, 3.8) is 0 Å². The fourth-order valence-electron chi connectivity index (χ4n) is 0. The van der Waals surface area contributed by atoms with Gasteiger partial charge in [-0.3, -0.25) is 11.7 Å². The van der Waals surface area contributed by atoms with Gasteiger partial charge in [0.2, 0.25) is 0 Å². The molecule has 38 valence electrons. The van der Waals surface area contributed by atoms with E-state index in [-0.39, 0.29) is 0 Å². The third-order valence-corrected chi connectivity index (χ3v) is 0. The van der Waals surface area contributed by atoms with E-state index in [1.165, 1.54) is 0 Å². The van der Waals surface area contributed by atoms with Gasteiger partial charge < -0.3 is 0 Å². The molecule has 0 spiro atoms. The van der Waals surface area contributed by atoms with E-state index in [0.29, 0.717) is 0 Å². The third kappa shape index (κ3) is 9200. The molecule has 5 N–H and O–H groups in total. The summed E-state index contributed by atoms with van der Waals surface area (Å²) in [5, 5.41) is 0. The van der Waals surface area contributed by atoms with Crippen LogP contribution in [0.4, 0.5) is 0 Å². The van der Waals surface area contributed by atoms with E-state index in [1.54, 1.807) is 0 Å². The molecule has 0 aliphatic carbocycles. The second kappa shape index (κ2) is 8.91. The van der Waals surface area contributed by atoms with Crippen molar-refractivity contribution in [1.82, 2.24) is 0 Å². The minimum absolute atomic E-state index is 3.69. The maximum absolute atomic E-state index is 8.67. The molecule has 0 fully saturated rings. The van der Waals surface area contributed by atoms with Gasteiger partial charge in [-0.1, -0.05) is 0 Å². The summed E-state index contributed by atoms with van der Waals surface area (Å²) in [7, 11) is 0. The Kier molecular flexibility index (Phi) is 14.0. The zero-order valence-electron chi connectivity index (χ0n) is 2.87. The van der Waals surface area contributed by atoms with Gasteiger partial charge in [0, 0.05) is 0 Å². The Morgan fingerprint density at radius 1 is 1.33 bits per heavy atom. The quantitative estimate of drug-likeness (QED) is 0.261. The Balaban J connectivity index is 0. The van der Waals surface area contributed by atoms with E-state index in [2.05, 4.69) is 11.7 Å². The average molecular weight is 132 g/mol. The van der Waals surface area contributed by atoms with Crippen LogP contribution in [0.1, 0.15) is 0 Å². The van der Waals surface area contributed by atoms with Crippen LogP contribution >= 0.6 is 0 Å². The Labute approximate surface area is 39.3 Å². The van der Waals surface area contributed by atoms with Crippen LogP contribution in [0.25, 0.3) is 0 Å². The van der Waals surface area contributed by atoms with Crippen LogP contribution < -0.4 is 11.7 Å². The van der Waals surface area contributed by atoms with E-state index in [9.17, 15) is 0 Å². The van der Waals surface area contributed by atoms with Crippen LogP contribution in [0.5, 0.6) is 0 Å². The van der Waals surface area contributed by atoms with Crippen LogP contribution in [-0.4, -0.2) is 4.03 Å². The first-order valence-corrected chi connectivity index (χ1v) is 2.66. The molecular formula is H5N2O3V. The molecular weight excluding hydrogens is 127 g/mol. The first kappa shape index (κ1) is 9.42. The predicted molar refractivity (Wildman–Crippen MR) is 12.0 cm³/mol. The van der Waals surface area contributed by atoms with Gasteiger partial charge in [0.25, 0.3) is 0 Å². The van der Waals surface area contributed by atoms with Gasteiger partial charge in [-0.2, -0.15) is 0 Å². The summed E-state index contributed by atoms with van der Waals surface area (Å²) in [5.74, 6) is 8.00. The van der Waals surface area contributed by atoms with Crippen molar-refractivity contribution >= 4 is 0 Å². The van der Waals surface area contributed by atoms with Gasteiger partial charge in [0.05, 0.1) is 0 Å². The zero-order chi connectivity index (χ0) is 5.58. The van der Waals surface area contributed by atoms with Gasteiger partial charge in [-0.15, -0.1) is 0 Å². The van der Waals surface area contributed by atoms with Gasteiger partial charge in [0.1, 0.15) is 0 Å². The molecule has 0 heterocycles. The van der Waals surface area contributed by atoms with E-state index in [4.69, 9.17) is 11.4 Å². The van der Waals surface area contributed by atoms with Crippen LogP contribution in [-0.2, 0) is 22.7 Å². The molecule has 0 aromatic heterocycles. The van der Waals surface area contributed by atoms with Gasteiger partial charge in [-0.05, 0) is 0 Å². The monoisotopic (exact) mass is 132 g/mol. The maximum atomic E-state index is 8.67. The molecule has 0 aromatic rings. The second-order valence-electron chi connectivity index (χ2n) is 0.238.